The van der Waals surface area contributed by atoms with Crippen LogP contribution in [0.15, 0.2) is 18.2 Å². The third-order valence-corrected chi connectivity index (χ3v) is 3.37. The lowest BCUT2D eigenvalue weighted by Gasteiger charge is -2.07. The Balaban J connectivity index is 1.93. The van der Waals surface area contributed by atoms with Crippen molar-refractivity contribution in [3.05, 3.63) is 23.8 Å². The second kappa shape index (κ2) is 7.73. The zero-order valence-electron chi connectivity index (χ0n) is 12.7. The van der Waals surface area contributed by atoms with Crippen LogP contribution in [0.25, 0.3) is 11.4 Å². The van der Waals surface area contributed by atoms with Crippen LogP contribution in [0.3, 0.4) is 0 Å². The summed E-state index contributed by atoms with van der Waals surface area (Å²) in [4.78, 5) is 0. The Labute approximate surface area is 125 Å². The number of nitrogens with zero attached hydrogens (tertiary/aromatic N) is 4. The number of ether oxygens (including phenoxy) is 1. The van der Waals surface area contributed by atoms with Crippen molar-refractivity contribution in [1.29, 1.82) is 0 Å². The number of rotatable bonds is 8. The van der Waals surface area contributed by atoms with Crippen LogP contribution < -0.4 is 5.73 Å². The summed E-state index contributed by atoms with van der Waals surface area (Å²) < 4.78 is 7.35. The van der Waals surface area contributed by atoms with E-state index in [4.69, 9.17) is 10.5 Å². The number of aryl methyl sites for hydroxylation is 2. The van der Waals surface area contributed by atoms with Crippen LogP contribution in [0.2, 0.25) is 0 Å². The average Bonchev–Trinajstić information content (AvgIpc) is 2.94. The number of hydrogen-bond acceptors (Lipinski definition) is 5. The molecule has 0 saturated heterocycles. The minimum absolute atomic E-state index is 0.731. The number of aromatic nitrogens is 4. The summed E-state index contributed by atoms with van der Waals surface area (Å²) in [6, 6.07) is 5.89. The number of nitrogen functional groups attached to an aromatic ring is 1. The zero-order chi connectivity index (χ0) is 15.1. The number of unbranched alkanes of at least 4 members (excludes halogenated alkanes) is 1. The van der Waals surface area contributed by atoms with Crippen molar-refractivity contribution in [1.82, 2.24) is 20.2 Å². The molecule has 2 N–H and O–H groups in total. The summed E-state index contributed by atoms with van der Waals surface area (Å²) in [7, 11) is 0. The largest absolute Gasteiger partial charge is 0.398 e. The average molecular weight is 289 g/mol. The first kappa shape index (κ1) is 15.4. The molecular weight excluding hydrogens is 266 g/mol. The molecule has 1 aromatic carbocycles. The number of anilines is 1. The molecule has 0 aliphatic rings. The van der Waals surface area contributed by atoms with Crippen LogP contribution in [0.1, 0.15) is 31.7 Å². The monoisotopic (exact) mass is 289 g/mol. The van der Waals surface area contributed by atoms with E-state index in [1.165, 1.54) is 0 Å². The Morgan fingerprint density at radius 3 is 2.81 bits per heavy atom. The quantitative estimate of drug-likeness (QED) is 0.596. The van der Waals surface area contributed by atoms with Crippen molar-refractivity contribution in [3.8, 4) is 11.4 Å². The van der Waals surface area contributed by atoms with E-state index >= 15 is 0 Å². The third-order valence-electron chi connectivity index (χ3n) is 3.37. The maximum atomic E-state index is 5.95. The fourth-order valence-electron chi connectivity index (χ4n) is 2.01. The van der Waals surface area contributed by atoms with E-state index in [2.05, 4.69) is 22.4 Å². The molecule has 0 saturated carbocycles. The first-order valence-corrected chi connectivity index (χ1v) is 7.42. The fraction of sp³-hybridized carbons (Fsp3) is 0.533. The lowest BCUT2D eigenvalue weighted by atomic mass is 10.1. The van der Waals surface area contributed by atoms with Crippen LogP contribution in [-0.4, -0.2) is 33.4 Å². The van der Waals surface area contributed by atoms with Crippen molar-refractivity contribution >= 4 is 5.69 Å². The molecule has 0 aliphatic heterocycles. The van der Waals surface area contributed by atoms with Crippen molar-refractivity contribution in [2.75, 3.05) is 18.9 Å². The molecule has 114 valence electrons. The van der Waals surface area contributed by atoms with E-state index in [-0.39, 0.29) is 0 Å². The van der Waals surface area contributed by atoms with Gasteiger partial charge in [0.05, 0.1) is 0 Å². The van der Waals surface area contributed by atoms with Crippen LogP contribution >= 0.6 is 0 Å². The van der Waals surface area contributed by atoms with Crippen molar-refractivity contribution < 1.29 is 4.74 Å². The standard InChI is InChI=1S/C15H23N5O/c1-3-4-9-21-10-5-8-20-15(17-18-19-20)13-7-6-12(2)14(16)11-13/h6-7,11H,3-5,8-10,16H2,1-2H3. The van der Waals surface area contributed by atoms with E-state index in [0.29, 0.717) is 0 Å². The van der Waals surface area contributed by atoms with Gasteiger partial charge in [0.2, 0.25) is 0 Å². The van der Waals surface area contributed by atoms with E-state index < -0.39 is 0 Å². The second-order valence-electron chi connectivity index (χ2n) is 5.12. The van der Waals surface area contributed by atoms with Gasteiger partial charge in [-0.2, -0.15) is 0 Å². The van der Waals surface area contributed by atoms with Gasteiger partial charge in [0, 0.05) is 31.0 Å². The summed E-state index contributed by atoms with van der Waals surface area (Å²) in [6.45, 7) is 6.44. The molecule has 0 radical (unpaired) electrons. The molecule has 0 unspecified atom stereocenters. The summed E-state index contributed by atoms with van der Waals surface area (Å²) in [5, 5.41) is 11.9. The Morgan fingerprint density at radius 2 is 2.05 bits per heavy atom. The second-order valence-corrected chi connectivity index (χ2v) is 5.12. The molecular formula is C15H23N5O. The molecule has 1 aromatic heterocycles. The Hall–Kier alpha value is -1.95. The predicted octanol–water partition coefficient (Wildman–Crippen LogP) is 2.44. The molecule has 6 nitrogen and oxygen atoms in total. The van der Waals surface area contributed by atoms with Gasteiger partial charge in [0.1, 0.15) is 0 Å². The minimum atomic E-state index is 0.731. The number of tetrazole rings is 1. The third kappa shape index (κ3) is 4.26. The van der Waals surface area contributed by atoms with Gasteiger partial charge in [0.25, 0.3) is 0 Å². The fourth-order valence-corrected chi connectivity index (χ4v) is 2.01. The number of benzene rings is 1. The van der Waals surface area contributed by atoms with E-state index in [0.717, 1.165) is 61.7 Å². The summed E-state index contributed by atoms with van der Waals surface area (Å²) in [5.74, 6) is 0.746. The van der Waals surface area contributed by atoms with Gasteiger partial charge >= 0.3 is 0 Å². The molecule has 0 aliphatic carbocycles. The molecule has 0 amide bonds. The lowest BCUT2D eigenvalue weighted by molar-refractivity contribution is 0.125. The lowest BCUT2D eigenvalue weighted by Crippen LogP contribution is -2.07. The van der Waals surface area contributed by atoms with E-state index in [1.54, 1.807) is 4.68 Å². The van der Waals surface area contributed by atoms with Crippen LogP contribution in [-0.2, 0) is 11.3 Å². The number of nitrogens with two attached hydrogens (primary N) is 1. The normalized spacial score (nSPS) is 11.0. The first-order chi connectivity index (χ1) is 10.2. The Kier molecular flexibility index (Phi) is 5.68. The molecule has 2 rings (SSSR count). The SMILES string of the molecule is CCCCOCCCn1nnnc1-c1ccc(C)c(N)c1. The minimum Gasteiger partial charge on any atom is -0.398 e. The Bertz CT molecular complexity index is 567. The smallest absolute Gasteiger partial charge is 0.182 e. The van der Waals surface area contributed by atoms with Gasteiger partial charge in [-0.1, -0.05) is 25.5 Å². The van der Waals surface area contributed by atoms with E-state index in [1.807, 2.05) is 25.1 Å². The topological polar surface area (TPSA) is 78.8 Å². The molecule has 21 heavy (non-hydrogen) atoms. The van der Waals surface area contributed by atoms with Crippen LogP contribution in [0.5, 0.6) is 0 Å². The predicted molar refractivity (Wildman–Crippen MR) is 82.7 cm³/mol. The van der Waals surface area contributed by atoms with Crippen LogP contribution in [0.4, 0.5) is 5.69 Å². The zero-order valence-corrected chi connectivity index (χ0v) is 12.7. The maximum absolute atomic E-state index is 5.95. The van der Waals surface area contributed by atoms with Gasteiger partial charge < -0.3 is 10.5 Å². The van der Waals surface area contributed by atoms with Crippen molar-refractivity contribution in [2.24, 2.45) is 0 Å². The van der Waals surface area contributed by atoms with Crippen molar-refractivity contribution in [3.63, 3.8) is 0 Å². The molecule has 0 atom stereocenters. The summed E-state index contributed by atoms with van der Waals surface area (Å²) >= 11 is 0. The molecule has 1 heterocycles. The molecule has 0 fully saturated rings. The highest BCUT2D eigenvalue weighted by Gasteiger charge is 2.09. The van der Waals surface area contributed by atoms with Gasteiger partial charge in [-0.15, -0.1) is 5.10 Å². The molecule has 6 heteroatoms. The van der Waals surface area contributed by atoms with E-state index in [9.17, 15) is 0 Å². The van der Waals surface area contributed by atoms with Gasteiger partial charge in [-0.05, 0) is 41.8 Å². The Morgan fingerprint density at radius 1 is 1.24 bits per heavy atom. The van der Waals surface area contributed by atoms with Gasteiger partial charge in [0.15, 0.2) is 5.82 Å². The van der Waals surface area contributed by atoms with Gasteiger partial charge in [-0.25, -0.2) is 4.68 Å². The molecule has 0 spiro atoms. The number of hydrogen-bond donors (Lipinski definition) is 1. The summed E-state index contributed by atoms with van der Waals surface area (Å²) in [6.07, 6.45) is 3.16. The highest BCUT2D eigenvalue weighted by Crippen LogP contribution is 2.21. The van der Waals surface area contributed by atoms with Crippen molar-refractivity contribution in [2.45, 2.75) is 39.7 Å². The van der Waals surface area contributed by atoms with Crippen LogP contribution in [0, 0.1) is 6.92 Å². The molecule has 2 aromatic rings. The maximum Gasteiger partial charge on any atom is 0.182 e. The summed E-state index contributed by atoms with van der Waals surface area (Å²) in [5.41, 5.74) is 8.70. The highest BCUT2D eigenvalue weighted by molar-refractivity contribution is 5.63. The highest BCUT2D eigenvalue weighted by atomic mass is 16.5. The van der Waals surface area contributed by atoms with Gasteiger partial charge in [-0.3, -0.25) is 0 Å². The first-order valence-electron chi connectivity index (χ1n) is 7.42. The molecule has 0 bridgehead atoms.